The van der Waals surface area contributed by atoms with E-state index in [1.54, 1.807) is 12.1 Å². The number of aliphatic hydroxyl groups is 1. The molecule has 30 heavy (non-hydrogen) atoms. The number of aliphatic hydroxyl groups excluding tert-OH is 1. The van der Waals surface area contributed by atoms with Gasteiger partial charge in [0.1, 0.15) is 6.04 Å². The van der Waals surface area contributed by atoms with Crippen molar-refractivity contribution in [1.29, 1.82) is 0 Å². The molecule has 0 radical (unpaired) electrons. The molecule has 7 nitrogen and oxygen atoms in total. The Morgan fingerprint density at radius 1 is 0.967 bits per heavy atom. The summed E-state index contributed by atoms with van der Waals surface area (Å²) in [6, 6.07) is 16.2. The van der Waals surface area contributed by atoms with Crippen molar-refractivity contribution in [2.75, 3.05) is 6.54 Å². The summed E-state index contributed by atoms with van der Waals surface area (Å²) in [6.07, 6.45) is 2.15. The third-order valence-corrected chi connectivity index (χ3v) is 4.62. The first kappa shape index (κ1) is 25.3. The molecule has 0 aromatic heterocycles. The Labute approximate surface area is 178 Å². The topological polar surface area (TPSA) is 111 Å². The first-order chi connectivity index (χ1) is 14.0. The Morgan fingerprint density at radius 2 is 1.63 bits per heavy atom. The Morgan fingerprint density at radius 3 is 2.23 bits per heavy atom. The minimum absolute atomic E-state index is 0. The molecule has 5 N–H and O–H groups in total. The molecule has 7 heteroatoms. The van der Waals surface area contributed by atoms with E-state index in [0.29, 0.717) is 12.1 Å². The summed E-state index contributed by atoms with van der Waals surface area (Å²) in [5.41, 5.74) is 4.21. The molecule has 0 saturated heterocycles. The van der Waals surface area contributed by atoms with Gasteiger partial charge in [0.25, 0.3) is 11.8 Å². The van der Waals surface area contributed by atoms with Gasteiger partial charge in [-0.05, 0) is 56.0 Å². The van der Waals surface area contributed by atoms with Crippen molar-refractivity contribution in [3.05, 3.63) is 71.3 Å². The molecule has 164 valence electrons. The molecule has 0 spiro atoms. The summed E-state index contributed by atoms with van der Waals surface area (Å²) in [4.78, 5) is 23.7. The van der Waals surface area contributed by atoms with Crippen LogP contribution in [0.5, 0.6) is 0 Å². The molecule has 2 aromatic rings. The monoisotopic (exact) mass is 415 g/mol. The van der Waals surface area contributed by atoms with E-state index in [1.807, 2.05) is 18.2 Å². The Kier molecular flexibility index (Phi) is 11.4. The second kappa shape index (κ2) is 13.5. The van der Waals surface area contributed by atoms with Crippen molar-refractivity contribution >= 4 is 11.8 Å². The number of benzene rings is 2. The van der Waals surface area contributed by atoms with Crippen molar-refractivity contribution in [3.63, 3.8) is 0 Å². The molecule has 2 amide bonds. The van der Waals surface area contributed by atoms with Crippen LogP contribution in [0.2, 0.25) is 0 Å². The molecular weight excluding hydrogens is 382 g/mol. The van der Waals surface area contributed by atoms with Crippen LogP contribution in [0.15, 0.2) is 54.6 Å². The van der Waals surface area contributed by atoms with E-state index in [-0.39, 0.29) is 7.43 Å². The number of hydrogen-bond donors (Lipinski definition) is 5. The second-order valence-electron chi connectivity index (χ2n) is 6.98. The highest BCUT2D eigenvalue weighted by Crippen LogP contribution is 2.07. The number of rotatable bonds is 11. The fourth-order valence-corrected chi connectivity index (χ4v) is 2.93. The summed E-state index contributed by atoms with van der Waals surface area (Å²) < 4.78 is 0. The van der Waals surface area contributed by atoms with Crippen LogP contribution >= 0.6 is 0 Å². The number of aryl methyl sites for hydroxylation is 1. The van der Waals surface area contributed by atoms with Crippen LogP contribution in [0.3, 0.4) is 0 Å². The first-order valence-electron chi connectivity index (χ1n) is 9.77. The third kappa shape index (κ3) is 8.32. The van der Waals surface area contributed by atoms with Crippen LogP contribution in [0, 0.1) is 0 Å². The Bertz CT molecular complexity index is 764. The van der Waals surface area contributed by atoms with E-state index in [4.69, 9.17) is 5.21 Å². The van der Waals surface area contributed by atoms with Gasteiger partial charge >= 0.3 is 0 Å². The smallest absolute Gasteiger partial charge is 0.268 e. The Balaban J connectivity index is 0.00000450. The lowest BCUT2D eigenvalue weighted by molar-refractivity contribution is -0.133. The first-order valence-corrected chi connectivity index (χ1v) is 9.77. The standard InChI is InChI=1S/C22H29N3O4.CH4/c1-16(26)20(22(28)25-29)24-21(27)19-12-10-18(11-13-19)15-23-14-6-5-9-17-7-3-2-4-8-17;/h2-4,7-8,10-13,16,20,23,26,29H,5-6,9,14-15H2,1H3,(H,24,27)(H,25,28);1H4/t16-,20+;/m1./s1. The van der Waals surface area contributed by atoms with Gasteiger partial charge in [0.05, 0.1) is 6.10 Å². The zero-order valence-electron chi connectivity index (χ0n) is 16.6. The van der Waals surface area contributed by atoms with Crippen molar-refractivity contribution in [2.45, 2.75) is 52.3 Å². The van der Waals surface area contributed by atoms with E-state index in [1.165, 1.54) is 18.0 Å². The maximum atomic E-state index is 12.2. The van der Waals surface area contributed by atoms with Crippen LogP contribution < -0.4 is 16.1 Å². The average Bonchev–Trinajstić information content (AvgIpc) is 2.74. The maximum Gasteiger partial charge on any atom is 0.268 e. The van der Waals surface area contributed by atoms with Gasteiger partial charge in [0, 0.05) is 12.1 Å². The molecule has 2 rings (SSSR count). The van der Waals surface area contributed by atoms with Crippen molar-refractivity contribution < 1.29 is 19.9 Å². The predicted molar refractivity (Wildman–Crippen MR) is 117 cm³/mol. The quantitative estimate of drug-likeness (QED) is 0.220. The van der Waals surface area contributed by atoms with E-state index >= 15 is 0 Å². The van der Waals surface area contributed by atoms with Gasteiger partial charge in [0.15, 0.2) is 0 Å². The van der Waals surface area contributed by atoms with Gasteiger partial charge in [-0.1, -0.05) is 49.9 Å². The molecule has 0 unspecified atom stereocenters. The lowest BCUT2D eigenvalue weighted by atomic mass is 10.1. The number of hydroxylamine groups is 1. The van der Waals surface area contributed by atoms with Gasteiger partial charge in [0.2, 0.25) is 0 Å². The fourth-order valence-electron chi connectivity index (χ4n) is 2.93. The number of hydrogen-bond acceptors (Lipinski definition) is 5. The summed E-state index contributed by atoms with van der Waals surface area (Å²) in [6.45, 7) is 2.98. The summed E-state index contributed by atoms with van der Waals surface area (Å²) >= 11 is 0. The normalized spacial score (nSPS) is 12.4. The summed E-state index contributed by atoms with van der Waals surface area (Å²) in [5.74, 6) is -1.37. The number of amides is 2. The molecule has 0 fully saturated rings. The zero-order chi connectivity index (χ0) is 21.1. The van der Waals surface area contributed by atoms with Crippen LogP contribution in [0.25, 0.3) is 0 Å². The number of carbonyl (C=O) groups is 2. The lowest BCUT2D eigenvalue weighted by Gasteiger charge is -2.19. The Hall–Kier alpha value is -2.74. The minimum atomic E-state index is -1.23. The maximum absolute atomic E-state index is 12.2. The number of carbonyl (C=O) groups excluding carboxylic acids is 2. The van der Waals surface area contributed by atoms with Crippen LogP contribution in [-0.2, 0) is 17.8 Å². The molecule has 2 aromatic carbocycles. The van der Waals surface area contributed by atoms with Crippen LogP contribution in [-0.4, -0.2) is 40.8 Å². The largest absolute Gasteiger partial charge is 0.391 e. The highest BCUT2D eigenvalue weighted by atomic mass is 16.5. The summed E-state index contributed by atoms with van der Waals surface area (Å²) in [5, 5.41) is 24.1. The van der Waals surface area contributed by atoms with Gasteiger partial charge < -0.3 is 15.7 Å². The van der Waals surface area contributed by atoms with Crippen molar-refractivity contribution in [3.8, 4) is 0 Å². The number of nitrogens with one attached hydrogen (secondary N) is 3. The van der Waals surface area contributed by atoms with Gasteiger partial charge in [-0.3, -0.25) is 14.8 Å². The number of unbranched alkanes of at least 4 members (excludes halogenated alkanes) is 1. The van der Waals surface area contributed by atoms with E-state index in [2.05, 4.69) is 34.9 Å². The molecular formula is C23H33N3O4. The molecule has 0 saturated carbocycles. The van der Waals surface area contributed by atoms with E-state index < -0.39 is 24.0 Å². The molecule has 2 atom stereocenters. The van der Waals surface area contributed by atoms with Crippen LogP contribution in [0.4, 0.5) is 0 Å². The van der Waals surface area contributed by atoms with Crippen molar-refractivity contribution in [1.82, 2.24) is 16.1 Å². The SMILES string of the molecule is C.C[C@@H](O)[C@H](NC(=O)c1ccc(CNCCCCc2ccccc2)cc1)C(=O)NO. The highest BCUT2D eigenvalue weighted by molar-refractivity contribution is 5.97. The minimum Gasteiger partial charge on any atom is -0.391 e. The van der Waals surface area contributed by atoms with Crippen LogP contribution in [0.1, 0.15) is 48.7 Å². The molecule has 0 aliphatic rings. The highest BCUT2D eigenvalue weighted by Gasteiger charge is 2.25. The third-order valence-electron chi connectivity index (χ3n) is 4.62. The lowest BCUT2D eigenvalue weighted by Crippen LogP contribution is -2.51. The van der Waals surface area contributed by atoms with Crippen molar-refractivity contribution in [2.24, 2.45) is 0 Å². The van der Waals surface area contributed by atoms with E-state index in [0.717, 1.165) is 31.4 Å². The zero-order valence-corrected chi connectivity index (χ0v) is 16.6. The summed E-state index contributed by atoms with van der Waals surface area (Å²) in [7, 11) is 0. The van der Waals surface area contributed by atoms with Gasteiger partial charge in [-0.25, -0.2) is 5.48 Å². The van der Waals surface area contributed by atoms with Gasteiger partial charge in [-0.15, -0.1) is 0 Å². The second-order valence-corrected chi connectivity index (χ2v) is 6.98. The molecule has 0 aliphatic carbocycles. The van der Waals surface area contributed by atoms with E-state index in [9.17, 15) is 14.7 Å². The molecule has 0 bridgehead atoms. The van der Waals surface area contributed by atoms with Gasteiger partial charge in [-0.2, -0.15) is 0 Å². The predicted octanol–water partition coefficient (Wildman–Crippen LogP) is 2.42. The fraction of sp³-hybridized carbons (Fsp3) is 0.391. The molecule has 0 aliphatic heterocycles. The molecule has 0 heterocycles. The average molecular weight is 416 g/mol.